The average molecular weight is 340 g/mol. The van der Waals surface area contributed by atoms with Crippen molar-refractivity contribution in [2.75, 3.05) is 0 Å². The lowest BCUT2D eigenvalue weighted by Crippen LogP contribution is -2.30. The van der Waals surface area contributed by atoms with Crippen molar-refractivity contribution in [1.82, 2.24) is 4.90 Å². The van der Waals surface area contributed by atoms with Crippen LogP contribution in [0.1, 0.15) is 31.8 Å². The molecule has 2 aromatic rings. The first-order chi connectivity index (χ1) is 10.8. The van der Waals surface area contributed by atoms with Crippen LogP contribution in [0.3, 0.4) is 0 Å². The van der Waals surface area contributed by atoms with E-state index in [1.807, 2.05) is 0 Å². The Morgan fingerprint density at radius 3 is 2.04 bits per heavy atom. The molecule has 0 aromatic heterocycles. The standard InChI is InChI=1S/C16H9ClF3NO2/c17-10-5-6-13(16(18,19)20)9(7-10)8-21-14(22)11-3-1-2-4-12(11)15(21)23/h1-7H,8H2. The second-order valence-corrected chi connectivity index (χ2v) is 5.48. The Hall–Kier alpha value is -2.34. The van der Waals surface area contributed by atoms with E-state index in [4.69, 9.17) is 11.6 Å². The van der Waals surface area contributed by atoms with Gasteiger partial charge in [-0.1, -0.05) is 23.7 Å². The van der Waals surface area contributed by atoms with Crippen molar-refractivity contribution in [3.8, 4) is 0 Å². The summed E-state index contributed by atoms with van der Waals surface area (Å²) in [5.41, 5.74) is -0.765. The van der Waals surface area contributed by atoms with E-state index in [9.17, 15) is 22.8 Å². The van der Waals surface area contributed by atoms with Gasteiger partial charge in [0.05, 0.1) is 23.2 Å². The topological polar surface area (TPSA) is 37.4 Å². The first kappa shape index (κ1) is 15.6. The minimum absolute atomic E-state index is 0.101. The number of carbonyl (C=O) groups excluding carboxylic acids is 2. The zero-order valence-electron chi connectivity index (χ0n) is 11.5. The van der Waals surface area contributed by atoms with Crippen LogP contribution in [0.15, 0.2) is 42.5 Å². The molecule has 0 atom stereocenters. The van der Waals surface area contributed by atoms with Gasteiger partial charge in [0.15, 0.2) is 0 Å². The van der Waals surface area contributed by atoms with E-state index >= 15 is 0 Å². The normalized spacial score (nSPS) is 14.3. The van der Waals surface area contributed by atoms with Gasteiger partial charge in [-0.25, -0.2) is 0 Å². The van der Waals surface area contributed by atoms with Crippen LogP contribution in [0.2, 0.25) is 5.02 Å². The number of hydrogen-bond donors (Lipinski definition) is 0. The second kappa shape index (κ2) is 5.38. The van der Waals surface area contributed by atoms with Crippen LogP contribution >= 0.6 is 11.6 Å². The van der Waals surface area contributed by atoms with Crippen LogP contribution in [0.5, 0.6) is 0 Å². The maximum absolute atomic E-state index is 13.1. The number of alkyl halides is 3. The molecular weight excluding hydrogens is 331 g/mol. The molecule has 23 heavy (non-hydrogen) atoms. The lowest BCUT2D eigenvalue weighted by Gasteiger charge is -2.18. The number of halogens is 4. The molecule has 7 heteroatoms. The summed E-state index contributed by atoms with van der Waals surface area (Å²) >= 11 is 5.76. The summed E-state index contributed by atoms with van der Waals surface area (Å²) < 4.78 is 39.2. The smallest absolute Gasteiger partial charge is 0.270 e. The summed E-state index contributed by atoms with van der Waals surface area (Å²) in [6.45, 7) is -0.484. The highest BCUT2D eigenvalue weighted by Crippen LogP contribution is 2.35. The number of nitrogens with zero attached hydrogens (tertiary/aromatic N) is 1. The molecule has 0 radical (unpaired) electrons. The van der Waals surface area contributed by atoms with E-state index in [1.54, 1.807) is 12.1 Å². The van der Waals surface area contributed by atoms with Crippen LogP contribution in [0, 0.1) is 0 Å². The van der Waals surface area contributed by atoms with E-state index in [2.05, 4.69) is 0 Å². The Morgan fingerprint density at radius 1 is 0.957 bits per heavy atom. The zero-order chi connectivity index (χ0) is 16.8. The number of benzene rings is 2. The van der Waals surface area contributed by atoms with Gasteiger partial charge in [0.2, 0.25) is 0 Å². The molecule has 0 unspecified atom stereocenters. The third-order valence-electron chi connectivity index (χ3n) is 3.58. The lowest BCUT2D eigenvalue weighted by molar-refractivity contribution is -0.138. The highest BCUT2D eigenvalue weighted by molar-refractivity contribution is 6.30. The minimum Gasteiger partial charge on any atom is -0.270 e. The van der Waals surface area contributed by atoms with Crippen molar-refractivity contribution in [2.45, 2.75) is 12.7 Å². The molecule has 0 bridgehead atoms. The van der Waals surface area contributed by atoms with Gasteiger partial charge in [-0.3, -0.25) is 14.5 Å². The largest absolute Gasteiger partial charge is 0.416 e. The van der Waals surface area contributed by atoms with Crippen molar-refractivity contribution < 1.29 is 22.8 Å². The summed E-state index contributed by atoms with van der Waals surface area (Å²) in [6.07, 6.45) is -4.60. The van der Waals surface area contributed by atoms with E-state index in [-0.39, 0.29) is 21.7 Å². The zero-order valence-corrected chi connectivity index (χ0v) is 12.3. The summed E-state index contributed by atoms with van der Waals surface area (Å²) in [5, 5.41) is 0.101. The molecule has 3 nitrogen and oxygen atoms in total. The van der Waals surface area contributed by atoms with E-state index in [0.29, 0.717) is 0 Å². The van der Waals surface area contributed by atoms with Gasteiger partial charge >= 0.3 is 6.18 Å². The molecule has 0 N–H and O–H groups in total. The Kier molecular flexibility index (Phi) is 3.64. The van der Waals surface area contributed by atoms with E-state index in [1.165, 1.54) is 12.1 Å². The molecule has 0 fully saturated rings. The molecule has 0 aliphatic carbocycles. The molecule has 0 saturated heterocycles. The monoisotopic (exact) mass is 339 g/mol. The average Bonchev–Trinajstić information content (AvgIpc) is 2.72. The van der Waals surface area contributed by atoms with Crippen molar-refractivity contribution in [1.29, 1.82) is 0 Å². The van der Waals surface area contributed by atoms with Gasteiger partial charge in [-0.05, 0) is 35.9 Å². The Labute approximate surface area is 134 Å². The molecule has 2 amide bonds. The first-order valence-electron chi connectivity index (χ1n) is 6.60. The number of amides is 2. The third-order valence-corrected chi connectivity index (χ3v) is 3.81. The fraction of sp³-hybridized carbons (Fsp3) is 0.125. The van der Waals surface area contributed by atoms with Crippen LogP contribution in [-0.2, 0) is 12.7 Å². The molecule has 1 aliphatic rings. The highest BCUT2D eigenvalue weighted by Gasteiger charge is 2.38. The predicted octanol–water partition coefficient (Wildman–Crippen LogP) is 4.16. The minimum atomic E-state index is -4.60. The molecule has 0 saturated carbocycles. The Bertz CT molecular complexity index is 782. The van der Waals surface area contributed by atoms with Gasteiger partial charge in [-0.2, -0.15) is 13.2 Å². The van der Waals surface area contributed by atoms with Crippen molar-refractivity contribution in [2.24, 2.45) is 0 Å². The number of hydrogen-bond acceptors (Lipinski definition) is 2. The van der Waals surface area contributed by atoms with Gasteiger partial charge in [0.25, 0.3) is 11.8 Å². The van der Waals surface area contributed by atoms with Crippen LogP contribution in [-0.4, -0.2) is 16.7 Å². The highest BCUT2D eigenvalue weighted by atomic mass is 35.5. The second-order valence-electron chi connectivity index (χ2n) is 5.04. The van der Waals surface area contributed by atoms with Gasteiger partial charge < -0.3 is 0 Å². The SMILES string of the molecule is O=C1c2ccccc2C(=O)N1Cc1cc(Cl)ccc1C(F)(F)F. The van der Waals surface area contributed by atoms with E-state index in [0.717, 1.165) is 23.1 Å². The first-order valence-corrected chi connectivity index (χ1v) is 6.97. The fourth-order valence-corrected chi connectivity index (χ4v) is 2.72. The molecule has 1 heterocycles. The maximum Gasteiger partial charge on any atom is 0.416 e. The Balaban J connectivity index is 2.00. The van der Waals surface area contributed by atoms with Crippen molar-refractivity contribution in [3.63, 3.8) is 0 Å². The molecule has 1 aliphatic heterocycles. The van der Waals surface area contributed by atoms with Gasteiger partial charge in [-0.15, -0.1) is 0 Å². The maximum atomic E-state index is 13.1. The van der Waals surface area contributed by atoms with Gasteiger partial charge in [0, 0.05) is 5.02 Å². The van der Waals surface area contributed by atoms with Crippen LogP contribution in [0.4, 0.5) is 13.2 Å². The summed E-state index contributed by atoms with van der Waals surface area (Å²) in [4.78, 5) is 25.3. The summed E-state index contributed by atoms with van der Waals surface area (Å²) in [5.74, 6) is -1.22. The Morgan fingerprint density at radius 2 is 1.52 bits per heavy atom. The summed E-state index contributed by atoms with van der Waals surface area (Å²) in [6, 6.07) is 9.21. The molecule has 118 valence electrons. The van der Waals surface area contributed by atoms with E-state index < -0.39 is 30.1 Å². The summed E-state index contributed by atoms with van der Waals surface area (Å²) in [7, 11) is 0. The molecular formula is C16H9ClF3NO2. The molecule has 3 rings (SSSR count). The predicted molar refractivity (Wildman–Crippen MR) is 77.1 cm³/mol. The lowest BCUT2D eigenvalue weighted by atomic mass is 10.1. The number of imide groups is 1. The number of fused-ring (bicyclic) bond motifs is 1. The third kappa shape index (κ3) is 2.70. The van der Waals surface area contributed by atoms with Crippen LogP contribution < -0.4 is 0 Å². The molecule has 2 aromatic carbocycles. The quantitative estimate of drug-likeness (QED) is 0.771. The van der Waals surface area contributed by atoms with Gasteiger partial charge in [0.1, 0.15) is 0 Å². The number of rotatable bonds is 2. The van der Waals surface area contributed by atoms with Crippen molar-refractivity contribution in [3.05, 3.63) is 69.7 Å². The molecule has 0 spiro atoms. The van der Waals surface area contributed by atoms with Crippen LogP contribution in [0.25, 0.3) is 0 Å². The van der Waals surface area contributed by atoms with Crippen molar-refractivity contribution >= 4 is 23.4 Å². The number of carbonyl (C=O) groups is 2. The fourth-order valence-electron chi connectivity index (χ4n) is 2.52.